The molecule has 1 unspecified atom stereocenters. The van der Waals surface area contributed by atoms with E-state index in [4.69, 9.17) is 0 Å². The van der Waals surface area contributed by atoms with Gasteiger partial charge in [-0.3, -0.25) is 4.79 Å². The summed E-state index contributed by atoms with van der Waals surface area (Å²) in [7, 11) is 0. The first-order valence-electron chi connectivity index (χ1n) is 6.36. The summed E-state index contributed by atoms with van der Waals surface area (Å²) in [6.45, 7) is 7.81. The smallest absolute Gasteiger partial charge is 0.265 e. The van der Waals surface area contributed by atoms with Crippen molar-refractivity contribution in [3.63, 3.8) is 0 Å². The van der Waals surface area contributed by atoms with Crippen LogP contribution in [0.15, 0.2) is 0 Å². The summed E-state index contributed by atoms with van der Waals surface area (Å²) in [5.41, 5.74) is 0.874. The number of rotatable bonds is 2. The summed E-state index contributed by atoms with van der Waals surface area (Å²) in [5, 5.41) is 0.972. The van der Waals surface area contributed by atoms with Gasteiger partial charge in [-0.2, -0.15) is 0 Å². The Kier molecular flexibility index (Phi) is 4.43. The number of hydrogen-bond acceptors (Lipinski definition) is 3. The molecule has 1 aromatic rings. The largest absolute Gasteiger partial charge is 0.338 e. The highest BCUT2D eigenvalue weighted by Gasteiger charge is 2.27. The molecule has 3 nitrogen and oxygen atoms in total. The monoisotopic (exact) mass is 330 g/mol. The topological polar surface area (TPSA) is 33.2 Å². The highest BCUT2D eigenvalue weighted by Crippen LogP contribution is 2.27. The molecule has 1 fully saturated rings. The number of likely N-dealkylation sites (tertiary alicyclic amines) is 1. The molecule has 0 aromatic carbocycles. The van der Waals surface area contributed by atoms with E-state index in [-0.39, 0.29) is 5.91 Å². The standard InChI is InChI=1S/C13H19BrN2OS/c1-8(14)11-4-6-16(7-5-11)13(17)12-9(2)15-10(3)18-12/h8,11H,4-7H2,1-3H3. The van der Waals surface area contributed by atoms with E-state index in [1.807, 2.05) is 18.7 Å². The first kappa shape index (κ1) is 14.0. The molecule has 0 N–H and O–H groups in total. The Bertz CT molecular complexity index is 436. The maximum absolute atomic E-state index is 12.4. The number of carbonyl (C=O) groups is 1. The highest BCUT2D eigenvalue weighted by atomic mass is 79.9. The van der Waals surface area contributed by atoms with Gasteiger partial charge in [-0.25, -0.2) is 4.98 Å². The third-order valence-electron chi connectivity index (χ3n) is 3.57. The fourth-order valence-electron chi connectivity index (χ4n) is 2.44. The van der Waals surface area contributed by atoms with Gasteiger partial charge in [0.15, 0.2) is 0 Å². The van der Waals surface area contributed by atoms with Crippen LogP contribution in [0.2, 0.25) is 0 Å². The van der Waals surface area contributed by atoms with Crippen molar-refractivity contribution in [2.45, 2.75) is 38.4 Å². The van der Waals surface area contributed by atoms with Gasteiger partial charge in [-0.05, 0) is 32.6 Å². The van der Waals surface area contributed by atoms with Crippen molar-refractivity contribution in [1.82, 2.24) is 9.88 Å². The number of piperidine rings is 1. The summed E-state index contributed by atoms with van der Waals surface area (Å²) in [5.74, 6) is 0.858. The van der Waals surface area contributed by atoms with Gasteiger partial charge in [0.1, 0.15) is 4.88 Å². The van der Waals surface area contributed by atoms with E-state index in [0.717, 1.165) is 41.5 Å². The molecule has 18 heavy (non-hydrogen) atoms. The number of amides is 1. The number of aromatic nitrogens is 1. The van der Waals surface area contributed by atoms with Gasteiger partial charge in [0.05, 0.1) is 10.7 Å². The first-order valence-corrected chi connectivity index (χ1v) is 8.09. The van der Waals surface area contributed by atoms with Gasteiger partial charge in [0, 0.05) is 17.9 Å². The van der Waals surface area contributed by atoms with Crippen LogP contribution >= 0.6 is 27.3 Å². The maximum atomic E-state index is 12.4. The SMILES string of the molecule is Cc1nc(C)c(C(=O)N2CCC(C(C)Br)CC2)s1. The Balaban J connectivity index is 2.02. The van der Waals surface area contributed by atoms with Crippen molar-refractivity contribution in [2.24, 2.45) is 5.92 Å². The molecule has 0 aliphatic carbocycles. The average molecular weight is 331 g/mol. The molecule has 0 spiro atoms. The summed E-state index contributed by atoms with van der Waals surface area (Å²) in [6.07, 6.45) is 2.18. The number of carbonyl (C=O) groups excluding carboxylic acids is 1. The molecule has 1 saturated heterocycles. The lowest BCUT2D eigenvalue weighted by molar-refractivity contribution is 0.0695. The molecule has 100 valence electrons. The van der Waals surface area contributed by atoms with Crippen molar-refractivity contribution in [1.29, 1.82) is 0 Å². The first-order chi connectivity index (χ1) is 8.49. The molecule has 0 bridgehead atoms. The van der Waals surface area contributed by atoms with Gasteiger partial charge >= 0.3 is 0 Å². The molecular formula is C13H19BrN2OS. The van der Waals surface area contributed by atoms with Gasteiger partial charge in [-0.15, -0.1) is 11.3 Å². The average Bonchev–Trinajstić information content (AvgIpc) is 2.67. The number of thiazole rings is 1. The minimum Gasteiger partial charge on any atom is -0.338 e. The zero-order chi connectivity index (χ0) is 13.3. The summed E-state index contributed by atoms with van der Waals surface area (Å²) in [6, 6.07) is 0. The number of halogens is 1. The van der Waals surface area contributed by atoms with E-state index in [2.05, 4.69) is 27.8 Å². The quantitative estimate of drug-likeness (QED) is 0.778. The number of nitrogens with zero attached hydrogens (tertiary/aromatic N) is 2. The van der Waals surface area contributed by atoms with Crippen molar-refractivity contribution in [2.75, 3.05) is 13.1 Å². The van der Waals surface area contributed by atoms with Crippen LogP contribution < -0.4 is 0 Å². The second-order valence-electron chi connectivity index (χ2n) is 4.95. The molecule has 1 aliphatic heterocycles. The zero-order valence-corrected chi connectivity index (χ0v) is 13.5. The Morgan fingerprint density at radius 2 is 2.06 bits per heavy atom. The van der Waals surface area contributed by atoms with Crippen LogP contribution in [0.25, 0.3) is 0 Å². The van der Waals surface area contributed by atoms with E-state index in [9.17, 15) is 4.79 Å². The van der Waals surface area contributed by atoms with Crippen LogP contribution in [0, 0.1) is 19.8 Å². The molecule has 1 atom stereocenters. The number of hydrogen-bond donors (Lipinski definition) is 0. The van der Waals surface area contributed by atoms with Crippen LogP contribution in [0.4, 0.5) is 0 Å². The van der Waals surface area contributed by atoms with Crippen molar-refractivity contribution in [3.8, 4) is 0 Å². The normalized spacial score (nSPS) is 19.0. The Morgan fingerprint density at radius 1 is 1.44 bits per heavy atom. The minimum atomic E-state index is 0.166. The molecule has 0 saturated carbocycles. The molecule has 1 amide bonds. The van der Waals surface area contributed by atoms with Crippen LogP contribution in [-0.4, -0.2) is 33.7 Å². The van der Waals surface area contributed by atoms with Crippen LogP contribution in [0.3, 0.4) is 0 Å². The second kappa shape index (κ2) is 5.70. The molecule has 0 radical (unpaired) electrons. The summed E-state index contributed by atoms with van der Waals surface area (Å²) in [4.78, 5) is 20.1. The fourth-order valence-corrected chi connectivity index (χ4v) is 3.85. The predicted molar refractivity (Wildman–Crippen MR) is 78.6 cm³/mol. The lowest BCUT2D eigenvalue weighted by Gasteiger charge is -2.33. The third kappa shape index (κ3) is 2.94. The Morgan fingerprint density at radius 3 is 2.50 bits per heavy atom. The van der Waals surface area contributed by atoms with Crippen molar-refractivity contribution in [3.05, 3.63) is 15.6 Å². The van der Waals surface area contributed by atoms with Crippen molar-refractivity contribution >= 4 is 33.2 Å². The lowest BCUT2D eigenvalue weighted by atomic mass is 9.94. The van der Waals surface area contributed by atoms with Crippen LogP contribution in [0.5, 0.6) is 0 Å². The molecule has 2 rings (SSSR count). The van der Waals surface area contributed by atoms with Crippen LogP contribution in [-0.2, 0) is 0 Å². The van der Waals surface area contributed by atoms with E-state index in [1.54, 1.807) is 0 Å². The van der Waals surface area contributed by atoms with Crippen molar-refractivity contribution < 1.29 is 4.79 Å². The number of aryl methyl sites for hydroxylation is 2. The van der Waals surface area contributed by atoms with E-state index in [0.29, 0.717) is 10.7 Å². The maximum Gasteiger partial charge on any atom is 0.265 e. The van der Waals surface area contributed by atoms with Crippen LogP contribution in [0.1, 0.15) is 40.1 Å². The second-order valence-corrected chi connectivity index (χ2v) is 7.60. The van der Waals surface area contributed by atoms with Gasteiger partial charge in [0.2, 0.25) is 0 Å². The van der Waals surface area contributed by atoms with Gasteiger partial charge in [-0.1, -0.05) is 22.9 Å². The molecular weight excluding hydrogens is 312 g/mol. The zero-order valence-electron chi connectivity index (χ0n) is 11.1. The van der Waals surface area contributed by atoms with E-state index >= 15 is 0 Å². The van der Waals surface area contributed by atoms with Gasteiger partial charge in [0.25, 0.3) is 5.91 Å². The predicted octanol–water partition coefficient (Wildman–Crippen LogP) is 3.40. The fraction of sp³-hybridized carbons (Fsp3) is 0.692. The lowest BCUT2D eigenvalue weighted by Crippen LogP contribution is -2.39. The molecule has 2 heterocycles. The Hall–Kier alpha value is -0.420. The Labute approximate surface area is 121 Å². The molecule has 1 aromatic heterocycles. The van der Waals surface area contributed by atoms with Gasteiger partial charge < -0.3 is 4.90 Å². The molecule has 5 heteroatoms. The minimum absolute atomic E-state index is 0.166. The third-order valence-corrected chi connectivity index (χ3v) is 5.38. The van der Waals surface area contributed by atoms with E-state index in [1.165, 1.54) is 11.3 Å². The van der Waals surface area contributed by atoms with E-state index < -0.39 is 0 Å². The highest BCUT2D eigenvalue weighted by molar-refractivity contribution is 9.09. The number of alkyl halides is 1. The summed E-state index contributed by atoms with van der Waals surface area (Å²) < 4.78 is 0. The summed E-state index contributed by atoms with van der Waals surface area (Å²) >= 11 is 5.15. The molecule has 1 aliphatic rings.